The van der Waals surface area contributed by atoms with E-state index in [2.05, 4.69) is 5.32 Å². The Morgan fingerprint density at radius 2 is 1.79 bits per heavy atom. The van der Waals surface area contributed by atoms with Crippen molar-refractivity contribution in [2.75, 3.05) is 13.2 Å². The number of para-hydroxylation sites is 2. The van der Waals surface area contributed by atoms with Gasteiger partial charge >= 0.3 is 12.1 Å². The van der Waals surface area contributed by atoms with Crippen molar-refractivity contribution in [1.82, 2.24) is 20.2 Å². The van der Waals surface area contributed by atoms with Crippen LogP contribution in [0.15, 0.2) is 54.6 Å². The number of aromatic nitrogens is 2. The zero-order valence-corrected chi connectivity index (χ0v) is 24.5. The first kappa shape index (κ1) is 29.0. The summed E-state index contributed by atoms with van der Waals surface area (Å²) in [6.45, 7) is 9.36. The summed E-state index contributed by atoms with van der Waals surface area (Å²) >= 11 is 0. The van der Waals surface area contributed by atoms with Crippen LogP contribution in [0.1, 0.15) is 46.6 Å². The molecule has 2 N–H and O–H groups in total. The third kappa shape index (κ3) is 6.22. The summed E-state index contributed by atoms with van der Waals surface area (Å²) in [7, 11) is 0. The van der Waals surface area contributed by atoms with Gasteiger partial charge in [0.25, 0.3) is 0 Å². The Hall–Kier alpha value is -4.47. The van der Waals surface area contributed by atoms with Gasteiger partial charge < -0.3 is 24.8 Å². The maximum atomic E-state index is 13.9. The van der Waals surface area contributed by atoms with Crippen LogP contribution in [0.3, 0.4) is 0 Å². The molecule has 1 fully saturated rings. The van der Waals surface area contributed by atoms with E-state index in [1.807, 2.05) is 74.5 Å². The Morgan fingerprint density at radius 1 is 1.07 bits per heavy atom. The molecule has 10 nitrogen and oxygen atoms in total. The highest BCUT2D eigenvalue weighted by molar-refractivity contribution is 5.90. The summed E-state index contributed by atoms with van der Waals surface area (Å²) in [5.74, 6) is -1.41. The van der Waals surface area contributed by atoms with Gasteiger partial charge in [0.2, 0.25) is 11.8 Å². The molecule has 2 aliphatic heterocycles. The zero-order valence-electron chi connectivity index (χ0n) is 24.5. The van der Waals surface area contributed by atoms with Crippen molar-refractivity contribution in [1.29, 1.82) is 0 Å². The molecule has 0 saturated carbocycles. The predicted molar refractivity (Wildman–Crippen MR) is 158 cm³/mol. The minimum absolute atomic E-state index is 0.00284. The summed E-state index contributed by atoms with van der Waals surface area (Å²) in [5, 5.41) is 12.8. The average molecular weight is 573 g/mol. The monoisotopic (exact) mass is 572 g/mol. The molecule has 3 heterocycles. The van der Waals surface area contributed by atoms with E-state index in [1.54, 1.807) is 20.8 Å². The van der Waals surface area contributed by atoms with E-state index in [4.69, 9.17) is 19.4 Å². The number of hydrogen-bond acceptors (Lipinski definition) is 7. The highest BCUT2D eigenvalue weighted by atomic mass is 16.5. The van der Waals surface area contributed by atoms with Crippen LogP contribution < -0.4 is 10.1 Å². The molecule has 1 aromatic heterocycles. The van der Waals surface area contributed by atoms with Crippen LogP contribution >= 0.6 is 0 Å². The van der Waals surface area contributed by atoms with Crippen LogP contribution in [0.5, 0.6) is 5.88 Å². The molecular weight excluding hydrogens is 536 g/mol. The van der Waals surface area contributed by atoms with Gasteiger partial charge in [-0.2, -0.15) is 0 Å². The number of carbonyl (C=O) groups is 3. The third-order valence-electron chi connectivity index (χ3n) is 7.49. The van der Waals surface area contributed by atoms with Crippen molar-refractivity contribution in [2.24, 2.45) is 10.8 Å². The maximum Gasteiger partial charge on any atom is 0.407 e. The van der Waals surface area contributed by atoms with Crippen LogP contribution in [0, 0.1) is 10.8 Å². The number of aliphatic carboxylic acids is 1. The Kier molecular flexibility index (Phi) is 7.66. The van der Waals surface area contributed by atoms with Crippen molar-refractivity contribution in [2.45, 2.75) is 59.2 Å². The fourth-order valence-corrected chi connectivity index (χ4v) is 5.16. The number of fused-ring (bicyclic) bond motifs is 7. The van der Waals surface area contributed by atoms with Gasteiger partial charge in [-0.05, 0) is 29.2 Å². The van der Waals surface area contributed by atoms with E-state index in [9.17, 15) is 19.5 Å². The molecule has 3 aromatic rings. The number of ether oxygens (including phenoxy) is 2. The molecule has 0 radical (unpaired) electrons. The lowest BCUT2D eigenvalue weighted by Crippen LogP contribution is -2.57. The smallest absolute Gasteiger partial charge is 0.407 e. The highest BCUT2D eigenvalue weighted by Crippen LogP contribution is 2.34. The number of rotatable bonds is 1. The van der Waals surface area contributed by atoms with Crippen LogP contribution in [-0.2, 0) is 14.3 Å². The first-order valence-electron chi connectivity index (χ1n) is 14.0. The number of carboxylic acids is 1. The van der Waals surface area contributed by atoms with Gasteiger partial charge in [0, 0.05) is 17.4 Å². The number of amides is 2. The number of nitrogens with one attached hydrogen (secondary N) is 1. The van der Waals surface area contributed by atoms with Gasteiger partial charge in [-0.1, -0.05) is 77.1 Å². The number of cyclic esters (lactones) is 1. The van der Waals surface area contributed by atoms with Gasteiger partial charge in [-0.25, -0.2) is 19.6 Å². The number of carboxylic acid groups (broad SMARTS) is 1. The van der Waals surface area contributed by atoms with Crippen LogP contribution in [-0.4, -0.2) is 69.3 Å². The lowest BCUT2D eigenvalue weighted by atomic mass is 9.85. The van der Waals surface area contributed by atoms with E-state index in [1.165, 1.54) is 4.90 Å². The van der Waals surface area contributed by atoms with Crippen molar-refractivity contribution >= 4 is 35.1 Å². The van der Waals surface area contributed by atoms with Gasteiger partial charge in [0.05, 0.1) is 17.6 Å². The summed E-state index contributed by atoms with van der Waals surface area (Å²) < 4.78 is 11.9. The number of alkyl carbamates (subject to hydrolysis) is 1. The maximum absolute atomic E-state index is 13.9. The summed E-state index contributed by atoms with van der Waals surface area (Å²) in [6.07, 6.45) is 2.55. The third-order valence-corrected chi connectivity index (χ3v) is 7.49. The Morgan fingerprint density at radius 3 is 2.48 bits per heavy atom. The minimum atomic E-state index is -1.15. The topological polar surface area (TPSA) is 131 Å². The van der Waals surface area contributed by atoms with Crippen molar-refractivity contribution in [3.63, 3.8) is 0 Å². The van der Waals surface area contributed by atoms with Gasteiger partial charge in [-0.3, -0.25) is 4.79 Å². The van der Waals surface area contributed by atoms with Crippen LogP contribution in [0.2, 0.25) is 0 Å². The molecule has 42 heavy (non-hydrogen) atoms. The second-order valence-corrected chi connectivity index (χ2v) is 12.7. The van der Waals surface area contributed by atoms with Gasteiger partial charge in [0.15, 0.2) is 0 Å². The van der Waals surface area contributed by atoms with E-state index >= 15 is 0 Å². The standard InChI is InChI=1S/C32H36N4O6/c1-31(2,3)26-28(37)36-17-21(16-24(36)29(38)39)42-27-25(33-22-11-6-7-12-23(22)34-27)20-10-8-9-19(15-20)13-14-32(4,5)18-41-30(40)35-26/h6-15,21,24,26H,16-18H2,1-5H3,(H,35,40)(H,38,39)/t21-,24+,26-/m1/s1. The van der Waals surface area contributed by atoms with Crippen molar-refractivity contribution in [3.05, 3.63) is 60.2 Å². The molecule has 2 amide bonds. The molecule has 3 atom stereocenters. The summed E-state index contributed by atoms with van der Waals surface area (Å²) in [4.78, 5) is 50.0. The van der Waals surface area contributed by atoms with Crippen molar-refractivity contribution < 1.29 is 29.0 Å². The van der Waals surface area contributed by atoms with E-state index in [-0.39, 0.29) is 25.5 Å². The molecule has 0 aliphatic carbocycles. The van der Waals surface area contributed by atoms with Crippen LogP contribution in [0.25, 0.3) is 28.4 Å². The Labute approximate surface area is 244 Å². The Balaban J connectivity index is 1.63. The molecule has 1 saturated heterocycles. The van der Waals surface area contributed by atoms with Crippen molar-refractivity contribution in [3.8, 4) is 17.1 Å². The quantitative estimate of drug-likeness (QED) is 0.420. The van der Waals surface area contributed by atoms with Crippen LogP contribution in [0.4, 0.5) is 4.79 Å². The van der Waals surface area contributed by atoms with Gasteiger partial charge in [-0.15, -0.1) is 0 Å². The first-order valence-corrected chi connectivity index (χ1v) is 14.0. The molecule has 0 spiro atoms. The number of nitrogens with zero attached hydrogens (tertiary/aromatic N) is 3. The average Bonchev–Trinajstić information content (AvgIpc) is 3.36. The zero-order chi connectivity index (χ0) is 30.2. The summed E-state index contributed by atoms with van der Waals surface area (Å²) in [6, 6.07) is 13.0. The molecule has 2 aromatic carbocycles. The normalized spacial score (nSPS) is 22.8. The number of hydrogen-bond donors (Lipinski definition) is 2. The van der Waals surface area contributed by atoms with Gasteiger partial charge in [0.1, 0.15) is 30.5 Å². The SMILES string of the molecule is CC1(C)C=Cc2cccc(c2)-c2nc3ccccc3nc2O[C@@H]2C[C@@H](C(=O)O)N(C2)C(=O)[C@H](C(C)(C)C)NC(=O)OC1. The van der Waals surface area contributed by atoms with E-state index in [0.717, 1.165) is 11.1 Å². The fraction of sp³-hybridized carbons (Fsp3) is 0.406. The second kappa shape index (κ2) is 11.1. The predicted octanol–water partition coefficient (Wildman–Crippen LogP) is 4.92. The minimum Gasteiger partial charge on any atom is -0.480 e. The highest BCUT2D eigenvalue weighted by Gasteiger charge is 2.46. The van der Waals surface area contributed by atoms with E-state index < -0.39 is 47.0 Å². The molecule has 220 valence electrons. The Bertz CT molecular complexity index is 1560. The molecule has 0 unspecified atom stereocenters. The lowest BCUT2D eigenvalue weighted by molar-refractivity contribution is -0.150. The molecule has 5 rings (SSSR count). The number of carbonyl (C=O) groups excluding carboxylic acids is 2. The molecule has 4 bridgehead atoms. The number of benzene rings is 2. The molecular formula is C32H36N4O6. The fourth-order valence-electron chi connectivity index (χ4n) is 5.16. The molecule has 2 aliphatic rings. The molecule has 10 heteroatoms. The van der Waals surface area contributed by atoms with E-state index in [0.29, 0.717) is 16.7 Å². The summed E-state index contributed by atoms with van der Waals surface area (Å²) in [5.41, 5.74) is 2.27. The lowest BCUT2D eigenvalue weighted by Gasteiger charge is -2.34. The second-order valence-electron chi connectivity index (χ2n) is 12.7. The largest absolute Gasteiger partial charge is 0.480 e. The first-order chi connectivity index (χ1) is 19.8.